The van der Waals surface area contributed by atoms with Gasteiger partial charge >= 0.3 is 0 Å². The minimum absolute atomic E-state index is 0.269. The van der Waals surface area contributed by atoms with Crippen molar-refractivity contribution in [3.05, 3.63) is 0 Å². The van der Waals surface area contributed by atoms with Crippen molar-refractivity contribution < 1.29 is 4.43 Å². The fourth-order valence-electron chi connectivity index (χ4n) is 1.64. The zero-order chi connectivity index (χ0) is 9.19. The average molecular weight is 207 g/mol. The Hall–Kier alpha value is 0.467. The van der Waals surface area contributed by atoms with E-state index in [-0.39, 0.29) is 5.38 Å². The Morgan fingerprint density at radius 2 is 1.75 bits per heavy atom. The van der Waals surface area contributed by atoms with Gasteiger partial charge in [0.15, 0.2) is 8.32 Å². The van der Waals surface area contributed by atoms with Crippen molar-refractivity contribution in [2.45, 2.75) is 56.8 Å². The molecule has 1 saturated carbocycles. The first-order valence-electron chi connectivity index (χ1n) is 4.81. The lowest BCUT2D eigenvalue weighted by molar-refractivity contribution is 0.152. The smallest absolute Gasteiger partial charge is 0.184 e. The monoisotopic (exact) mass is 206 g/mol. The van der Waals surface area contributed by atoms with Crippen LogP contribution < -0.4 is 0 Å². The third kappa shape index (κ3) is 3.46. The van der Waals surface area contributed by atoms with Crippen LogP contribution in [0.2, 0.25) is 19.6 Å². The Labute approximate surface area is 81.6 Å². The minimum Gasteiger partial charge on any atom is -0.413 e. The quantitative estimate of drug-likeness (QED) is 0.497. The molecule has 12 heavy (non-hydrogen) atoms. The van der Waals surface area contributed by atoms with E-state index in [2.05, 4.69) is 19.6 Å². The number of rotatable bonds is 2. The van der Waals surface area contributed by atoms with E-state index in [0.29, 0.717) is 6.10 Å². The number of halogens is 1. The molecule has 3 heteroatoms. The molecule has 1 rings (SSSR count). The van der Waals surface area contributed by atoms with E-state index in [1.165, 1.54) is 19.3 Å². The molecule has 0 radical (unpaired) electrons. The Morgan fingerprint density at radius 3 is 2.25 bits per heavy atom. The van der Waals surface area contributed by atoms with Crippen LogP contribution in [0.1, 0.15) is 25.7 Å². The molecule has 1 fully saturated rings. The molecule has 0 aromatic carbocycles. The molecule has 1 aliphatic carbocycles. The molecule has 0 saturated heterocycles. The van der Waals surface area contributed by atoms with Crippen LogP contribution in [0, 0.1) is 0 Å². The summed E-state index contributed by atoms with van der Waals surface area (Å²) in [6.45, 7) is 6.68. The van der Waals surface area contributed by atoms with Gasteiger partial charge < -0.3 is 4.43 Å². The van der Waals surface area contributed by atoms with E-state index in [1.54, 1.807) is 0 Å². The van der Waals surface area contributed by atoms with E-state index < -0.39 is 8.32 Å². The summed E-state index contributed by atoms with van der Waals surface area (Å²) in [7, 11) is -1.37. The fourth-order valence-corrected chi connectivity index (χ4v) is 3.25. The summed E-state index contributed by atoms with van der Waals surface area (Å²) in [6, 6.07) is 0. The van der Waals surface area contributed by atoms with Crippen LogP contribution >= 0.6 is 11.6 Å². The maximum absolute atomic E-state index is 6.19. The van der Waals surface area contributed by atoms with Crippen LogP contribution in [0.3, 0.4) is 0 Å². The highest BCUT2D eigenvalue weighted by molar-refractivity contribution is 6.69. The summed E-state index contributed by atoms with van der Waals surface area (Å²) in [5.41, 5.74) is 0. The van der Waals surface area contributed by atoms with E-state index in [0.717, 1.165) is 6.42 Å². The largest absolute Gasteiger partial charge is 0.413 e. The van der Waals surface area contributed by atoms with Crippen LogP contribution in [0.25, 0.3) is 0 Å². The molecule has 2 unspecified atom stereocenters. The minimum atomic E-state index is -1.37. The van der Waals surface area contributed by atoms with Gasteiger partial charge in [-0.15, -0.1) is 11.6 Å². The van der Waals surface area contributed by atoms with Crippen LogP contribution in [-0.2, 0) is 4.43 Å². The van der Waals surface area contributed by atoms with E-state index in [4.69, 9.17) is 16.0 Å². The van der Waals surface area contributed by atoms with Gasteiger partial charge in [0.05, 0.1) is 11.5 Å². The molecule has 2 atom stereocenters. The topological polar surface area (TPSA) is 9.23 Å². The summed E-state index contributed by atoms with van der Waals surface area (Å²) in [5.74, 6) is 0. The van der Waals surface area contributed by atoms with E-state index in [9.17, 15) is 0 Å². The zero-order valence-electron chi connectivity index (χ0n) is 8.27. The molecule has 0 amide bonds. The second-order valence-electron chi connectivity index (χ2n) is 4.57. The van der Waals surface area contributed by atoms with Gasteiger partial charge in [0.2, 0.25) is 0 Å². The van der Waals surface area contributed by atoms with Crippen molar-refractivity contribution in [2.24, 2.45) is 0 Å². The molecule has 0 aliphatic heterocycles. The van der Waals surface area contributed by atoms with Crippen molar-refractivity contribution in [3.63, 3.8) is 0 Å². The van der Waals surface area contributed by atoms with Crippen LogP contribution in [-0.4, -0.2) is 19.8 Å². The van der Waals surface area contributed by atoms with E-state index >= 15 is 0 Å². The van der Waals surface area contributed by atoms with Gasteiger partial charge in [0.1, 0.15) is 0 Å². The summed E-state index contributed by atoms with van der Waals surface area (Å²) >= 11 is 6.19. The van der Waals surface area contributed by atoms with Gasteiger partial charge in [0, 0.05) is 0 Å². The molecule has 0 N–H and O–H groups in total. The third-order valence-corrected chi connectivity index (χ3v) is 3.64. The first-order valence-corrected chi connectivity index (χ1v) is 8.65. The van der Waals surface area contributed by atoms with Gasteiger partial charge in [-0.2, -0.15) is 0 Å². The summed E-state index contributed by atoms with van der Waals surface area (Å²) in [4.78, 5) is 0. The number of alkyl halides is 1. The molecule has 72 valence electrons. The highest BCUT2D eigenvalue weighted by Crippen LogP contribution is 2.27. The zero-order valence-corrected chi connectivity index (χ0v) is 10.0. The SMILES string of the molecule is C[Si](C)(C)OC1CCCCC1Cl. The Morgan fingerprint density at radius 1 is 1.17 bits per heavy atom. The molecule has 0 bridgehead atoms. The molecule has 0 aromatic heterocycles. The first kappa shape index (κ1) is 10.5. The van der Waals surface area contributed by atoms with Crippen LogP contribution in [0.15, 0.2) is 0 Å². The van der Waals surface area contributed by atoms with Crippen LogP contribution in [0.5, 0.6) is 0 Å². The summed E-state index contributed by atoms with van der Waals surface area (Å²) < 4.78 is 6.00. The van der Waals surface area contributed by atoms with Crippen molar-refractivity contribution in [1.82, 2.24) is 0 Å². The predicted octanol–water partition coefficient (Wildman–Crippen LogP) is 3.39. The standard InChI is InChI=1S/C9H19ClOSi/c1-12(2,3)11-9-7-5-4-6-8(9)10/h8-9H,4-7H2,1-3H3. The van der Waals surface area contributed by atoms with Crippen LogP contribution in [0.4, 0.5) is 0 Å². The second-order valence-corrected chi connectivity index (χ2v) is 9.59. The Kier molecular flexibility index (Phi) is 3.62. The van der Waals surface area contributed by atoms with Gasteiger partial charge in [-0.25, -0.2) is 0 Å². The van der Waals surface area contributed by atoms with Crippen molar-refractivity contribution >= 4 is 19.9 Å². The molecule has 0 heterocycles. The Balaban J connectivity index is 2.39. The van der Waals surface area contributed by atoms with Crippen molar-refractivity contribution in [1.29, 1.82) is 0 Å². The lowest BCUT2D eigenvalue weighted by Crippen LogP contribution is -2.38. The molecular formula is C9H19ClOSi. The van der Waals surface area contributed by atoms with Gasteiger partial charge in [-0.3, -0.25) is 0 Å². The second kappa shape index (κ2) is 4.12. The molecule has 0 aromatic rings. The predicted molar refractivity (Wildman–Crippen MR) is 56.3 cm³/mol. The third-order valence-electron chi connectivity index (χ3n) is 2.13. The molecular weight excluding hydrogens is 188 g/mol. The molecule has 1 aliphatic rings. The highest BCUT2D eigenvalue weighted by atomic mass is 35.5. The average Bonchev–Trinajstić information content (AvgIpc) is 1.91. The fraction of sp³-hybridized carbons (Fsp3) is 1.00. The molecule has 0 spiro atoms. The van der Waals surface area contributed by atoms with Crippen molar-refractivity contribution in [2.75, 3.05) is 0 Å². The van der Waals surface area contributed by atoms with Gasteiger partial charge in [0.25, 0.3) is 0 Å². The highest BCUT2D eigenvalue weighted by Gasteiger charge is 2.28. The van der Waals surface area contributed by atoms with Gasteiger partial charge in [-0.1, -0.05) is 12.8 Å². The number of hydrogen-bond acceptors (Lipinski definition) is 1. The lowest BCUT2D eigenvalue weighted by Gasteiger charge is -2.32. The Bertz CT molecular complexity index is 144. The normalized spacial score (nSPS) is 32.0. The maximum atomic E-state index is 6.19. The lowest BCUT2D eigenvalue weighted by atomic mass is 9.97. The molecule has 1 nitrogen and oxygen atoms in total. The summed E-state index contributed by atoms with van der Waals surface area (Å²) in [6.07, 6.45) is 5.21. The number of hydrogen-bond donors (Lipinski definition) is 0. The first-order chi connectivity index (χ1) is 5.49. The van der Waals surface area contributed by atoms with E-state index in [1.807, 2.05) is 0 Å². The maximum Gasteiger partial charge on any atom is 0.184 e. The summed E-state index contributed by atoms with van der Waals surface area (Å²) in [5, 5.41) is 0.269. The van der Waals surface area contributed by atoms with Gasteiger partial charge in [-0.05, 0) is 32.5 Å². The van der Waals surface area contributed by atoms with Crippen molar-refractivity contribution in [3.8, 4) is 0 Å².